The fourth-order valence-electron chi connectivity index (χ4n) is 1.42. The Labute approximate surface area is 139 Å². The first-order chi connectivity index (χ1) is 9.85. The lowest BCUT2D eigenvalue weighted by Crippen LogP contribution is -2.39. The fraction of sp³-hybridized carbons (Fsp3) is 0.533. The van der Waals surface area contributed by atoms with Crippen LogP contribution in [-0.2, 0) is 9.78 Å². The normalized spacial score (nSPS) is 12.8. The van der Waals surface area contributed by atoms with Gasteiger partial charge in [-0.2, -0.15) is 0 Å². The van der Waals surface area contributed by atoms with Crippen LogP contribution in [0.2, 0.25) is 0 Å². The summed E-state index contributed by atoms with van der Waals surface area (Å²) in [5.74, 6) is 0.507. The van der Waals surface area contributed by atoms with E-state index in [1.54, 1.807) is 31.4 Å². The minimum atomic E-state index is -0.476. The van der Waals surface area contributed by atoms with Gasteiger partial charge in [-0.25, -0.2) is 9.78 Å². The van der Waals surface area contributed by atoms with Gasteiger partial charge in [-0.15, -0.1) is 0 Å². The third-order valence-corrected chi connectivity index (χ3v) is 3.05. The van der Waals surface area contributed by atoms with Gasteiger partial charge in [0.25, 0.3) is 5.91 Å². The predicted octanol–water partition coefficient (Wildman–Crippen LogP) is 3.32. The van der Waals surface area contributed by atoms with Gasteiger partial charge in [-0.3, -0.25) is 4.79 Å². The molecular formula is C15H22INO4. The minimum absolute atomic E-state index is 0.204. The molecule has 21 heavy (non-hydrogen) atoms. The molecule has 1 rings (SSSR count). The number of benzene rings is 1. The molecule has 1 N–H and O–H groups in total. The van der Waals surface area contributed by atoms with Crippen molar-refractivity contribution in [2.75, 3.05) is 11.5 Å². The molecule has 0 aliphatic rings. The first kappa shape index (κ1) is 18.2. The summed E-state index contributed by atoms with van der Waals surface area (Å²) in [6.07, 6.45) is 0.189. The summed E-state index contributed by atoms with van der Waals surface area (Å²) in [5.41, 5.74) is 0.127. The summed E-state index contributed by atoms with van der Waals surface area (Å²) < 4.78 is 5.91. The van der Waals surface area contributed by atoms with Crippen molar-refractivity contribution >= 4 is 28.5 Å². The molecule has 0 aliphatic carbocycles. The molecule has 0 aromatic heterocycles. The number of rotatable bonds is 7. The lowest BCUT2D eigenvalue weighted by Gasteiger charge is -2.23. The van der Waals surface area contributed by atoms with E-state index in [4.69, 9.17) is 14.5 Å². The smallest absolute Gasteiger partial charge is 0.253 e. The third-order valence-electron chi connectivity index (χ3n) is 2.43. The molecule has 1 atom stereocenters. The third kappa shape index (κ3) is 7.10. The van der Waals surface area contributed by atoms with Gasteiger partial charge in [-0.05, 0) is 45.0 Å². The van der Waals surface area contributed by atoms with Gasteiger partial charge in [0.15, 0.2) is 6.23 Å². The molecule has 0 radical (unpaired) electrons. The molecule has 1 amide bonds. The van der Waals surface area contributed by atoms with E-state index < -0.39 is 11.8 Å². The Hall–Kier alpha value is -0.860. The topological polar surface area (TPSA) is 56.8 Å². The summed E-state index contributed by atoms with van der Waals surface area (Å²) in [4.78, 5) is 22.8. The molecule has 0 spiro atoms. The largest absolute Gasteiger partial charge is 0.497 e. The highest BCUT2D eigenvalue weighted by atomic mass is 127. The number of amides is 1. The number of alkyl halides is 1. The maximum Gasteiger partial charge on any atom is 0.253 e. The molecule has 1 aromatic rings. The first-order valence-electron chi connectivity index (χ1n) is 6.71. The van der Waals surface area contributed by atoms with Crippen LogP contribution < -0.4 is 10.1 Å². The van der Waals surface area contributed by atoms with Crippen molar-refractivity contribution in [3.63, 3.8) is 0 Å². The Morgan fingerprint density at radius 2 is 1.90 bits per heavy atom. The highest BCUT2D eigenvalue weighted by Crippen LogP contribution is 2.13. The Bertz CT molecular complexity index is 442. The van der Waals surface area contributed by atoms with Crippen LogP contribution in [-0.4, -0.2) is 29.3 Å². The molecule has 0 saturated heterocycles. The second kappa shape index (κ2) is 8.55. The van der Waals surface area contributed by atoms with Gasteiger partial charge >= 0.3 is 0 Å². The second-order valence-corrected chi connectivity index (χ2v) is 6.54. The Kier molecular flexibility index (Phi) is 7.41. The van der Waals surface area contributed by atoms with Crippen LogP contribution in [0, 0.1) is 0 Å². The van der Waals surface area contributed by atoms with Crippen LogP contribution in [0.1, 0.15) is 37.6 Å². The average molecular weight is 407 g/mol. The Morgan fingerprint density at radius 1 is 1.29 bits per heavy atom. The molecule has 5 nitrogen and oxygen atoms in total. The van der Waals surface area contributed by atoms with Crippen molar-refractivity contribution in [2.24, 2.45) is 0 Å². The van der Waals surface area contributed by atoms with Crippen LogP contribution in [0.4, 0.5) is 0 Å². The molecule has 6 heteroatoms. The molecule has 118 valence electrons. The van der Waals surface area contributed by atoms with Gasteiger partial charge in [-0.1, -0.05) is 22.6 Å². The Balaban J connectivity index is 2.62. The van der Waals surface area contributed by atoms with Gasteiger partial charge < -0.3 is 10.1 Å². The zero-order valence-electron chi connectivity index (χ0n) is 12.8. The van der Waals surface area contributed by atoms with Crippen LogP contribution in [0.3, 0.4) is 0 Å². The van der Waals surface area contributed by atoms with Gasteiger partial charge in [0.2, 0.25) is 0 Å². The van der Waals surface area contributed by atoms with Crippen molar-refractivity contribution in [3.8, 4) is 5.75 Å². The molecule has 0 aliphatic heterocycles. The van der Waals surface area contributed by atoms with Crippen LogP contribution in [0.25, 0.3) is 0 Å². The van der Waals surface area contributed by atoms with Crippen molar-refractivity contribution in [1.29, 1.82) is 0 Å². The summed E-state index contributed by atoms with van der Waals surface area (Å²) in [6.45, 7) is 5.66. The fourth-order valence-corrected chi connectivity index (χ4v) is 1.98. The number of hydrogen-bond donors (Lipinski definition) is 1. The zero-order valence-corrected chi connectivity index (χ0v) is 15.0. The molecule has 0 fully saturated rings. The van der Waals surface area contributed by atoms with Gasteiger partial charge in [0, 0.05) is 16.4 Å². The predicted molar refractivity (Wildman–Crippen MR) is 89.7 cm³/mol. The number of halogens is 1. The molecule has 0 saturated carbocycles. The molecule has 0 bridgehead atoms. The number of ether oxygens (including phenoxy) is 1. The number of nitrogens with one attached hydrogen (secondary N) is 1. The van der Waals surface area contributed by atoms with Crippen molar-refractivity contribution in [2.45, 2.75) is 39.0 Å². The molecule has 1 aromatic carbocycles. The number of methoxy groups -OCH3 is 1. The molecule has 1 unspecified atom stereocenters. The Morgan fingerprint density at radius 3 is 2.38 bits per heavy atom. The maximum absolute atomic E-state index is 12.2. The van der Waals surface area contributed by atoms with E-state index in [9.17, 15) is 4.79 Å². The average Bonchev–Trinajstić information content (AvgIpc) is 2.44. The van der Waals surface area contributed by atoms with Crippen molar-refractivity contribution < 1.29 is 19.3 Å². The van der Waals surface area contributed by atoms with E-state index in [2.05, 4.69) is 27.9 Å². The quantitative estimate of drug-likeness (QED) is 0.248. The van der Waals surface area contributed by atoms with Crippen LogP contribution in [0.15, 0.2) is 24.3 Å². The van der Waals surface area contributed by atoms with E-state index >= 15 is 0 Å². The SMILES string of the molecule is COc1ccc(C(=O)NC(CCI)OOC(C)(C)C)cc1. The summed E-state index contributed by atoms with van der Waals surface area (Å²) in [5, 5.41) is 2.81. The van der Waals surface area contributed by atoms with Crippen molar-refractivity contribution in [1.82, 2.24) is 5.32 Å². The first-order valence-corrected chi connectivity index (χ1v) is 8.23. The monoisotopic (exact) mass is 407 g/mol. The van der Waals surface area contributed by atoms with Gasteiger partial charge in [0.1, 0.15) is 5.75 Å². The lowest BCUT2D eigenvalue weighted by atomic mass is 10.2. The minimum Gasteiger partial charge on any atom is -0.497 e. The zero-order chi connectivity index (χ0) is 15.9. The number of hydrogen-bond acceptors (Lipinski definition) is 4. The lowest BCUT2D eigenvalue weighted by molar-refractivity contribution is -0.375. The highest BCUT2D eigenvalue weighted by Gasteiger charge is 2.19. The summed E-state index contributed by atoms with van der Waals surface area (Å²) >= 11 is 2.23. The van der Waals surface area contributed by atoms with Crippen LogP contribution in [0.5, 0.6) is 5.75 Å². The molecular weight excluding hydrogens is 385 g/mol. The standard InChI is InChI=1S/C15H22INO4/c1-15(2,3)21-20-13(9-10-16)17-14(18)11-5-7-12(19-4)8-6-11/h5-8,13H,9-10H2,1-4H3,(H,17,18). The van der Waals surface area contributed by atoms with E-state index in [1.165, 1.54) is 0 Å². The van der Waals surface area contributed by atoms with Crippen LogP contribution >= 0.6 is 22.6 Å². The summed E-state index contributed by atoms with van der Waals surface area (Å²) in [6, 6.07) is 6.91. The number of carbonyl (C=O) groups is 1. The highest BCUT2D eigenvalue weighted by molar-refractivity contribution is 14.1. The van der Waals surface area contributed by atoms with E-state index in [-0.39, 0.29) is 5.91 Å². The van der Waals surface area contributed by atoms with E-state index in [0.29, 0.717) is 17.7 Å². The molecule has 0 heterocycles. The van der Waals surface area contributed by atoms with Crippen molar-refractivity contribution in [3.05, 3.63) is 29.8 Å². The van der Waals surface area contributed by atoms with Gasteiger partial charge in [0.05, 0.1) is 12.7 Å². The second-order valence-electron chi connectivity index (χ2n) is 5.46. The van der Waals surface area contributed by atoms with E-state index in [0.717, 1.165) is 4.43 Å². The number of carbonyl (C=O) groups excluding carboxylic acids is 1. The maximum atomic E-state index is 12.2. The van der Waals surface area contributed by atoms with E-state index in [1.807, 2.05) is 20.8 Å². The summed E-state index contributed by atoms with van der Waals surface area (Å²) in [7, 11) is 1.59.